The third kappa shape index (κ3) is 4.16. The molecule has 1 N–H and O–H groups in total. The average molecular weight is 331 g/mol. The highest BCUT2D eigenvalue weighted by molar-refractivity contribution is 5.88. The Kier molecular flexibility index (Phi) is 5.65. The molecule has 0 saturated heterocycles. The van der Waals surface area contributed by atoms with E-state index in [2.05, 4.69) is 26.8 Å². The van der Waals surface area contributed by atoms with Gasteiger partial charge in [-0.15, -0.1) is 0 Å². The van der Waals surface area contributed by atoms with Crippen molar-refractivity contribution in [3.8, 4) is 0 Å². The zero-order valence-electron chi connectivity index (χ0n) is 14.8. The number of rotatable bonds is 7. The number of benzene rings is 1. The smallest absolute Gasteiger partial charge is 0.303 e. The number of carbonyl (C=O) groups is 2. The van der Waals surface area contributed by atoms with Gasteiger partial charge in [0.15, 0.2) is 0 Å². The molecule has 0 aliphatic heterocycles. The largest absolute Gasteiger partial charge is 0.481 e. The second kappa shape index (κ2) is 7.51. The van der Waals surface area contributed by atoms with Gasteiger partial charge >= 0.3 is 5.97 Å². The maximum Gasteiger partial charge on any atom is 0.303 e. The summed E-state index contributed by atoms with van der Waals surface area (Å²) in [5.74, 6) is -0.463. The topological polar surface area (TPSA) is 70.8 Å². The minimum absolute atomic E-state index is 0.0326. The minimum atomic E-state index is -0.840. The molecule has 0 spiro atoms. The van der Waals surface area contributed by atoms with E-state index in [-0.39, 0.29) is 18.7 Å². The van der Waals surface area contributed by atoms with Crippen LogP contribution in [0.3, 0.4) is 0 Å². The predicted octanol–water partition coefficient (Wildman–Crippen LogP) is 3.73. The zero-order valence-corrected chi connectivity index (χ0v) is 14.8. The van der Waals surface area contributed by atoms with Crippen molar-refractivity contribution in [3.63, 3.8) is 0 Å². The summed E-state index contributed by atoms with van der Waals surface area (Å²) in [6, 6.07) is 4.14. The van der Waals surface area contributed by atoms with Crippen LogP contribution in [0, 0.1) is 6.92 Å². The summed E-state index contributed by atoms with van der Waals surface area (Å²) >= 11 is 0. The molecule has 0 aliphatic rings. The molecule has 1 amide bonds. The van der Waals surface area contributed by atoms with Crippen LogP contribution in [-0.2, 0) is 16.0 Å². The van der Waals surface area contributed by atoms with Crippen molar-refractivity contribution in [2.24, 2.45) is 0 Å². The maximum absolute atomic E-state index is 12.4. The van der Waals surface area contributed by atoms with Gasteiger partial charge in [-0.05, 0) is 42.5 Å². The number of likely N-dealkylation sites (N-methyl/N-ethyl adjacent to an activating group) is 1. The number of carboxylic acid groups (broad SMARTS) is 1. The predicted molar refractivity (Wildman–Crippen MR) is 93.3 cm³/mol. The van der Waals surface area contributed by atoms with Crippen LogP contribution >= 0.6 is 0 Å². The van der Waals surface area contributed by atoms with Crippen LogP contribution in [0.2, 0.25) is 0 Å². The lowest BCUT2D eigenvalue weighted by Gasteiger charge is -2.16. The Bertz CT molecular complexity index is 745. The van der Waals surface area contributed by atoms with Crippen molar-refractivity contribution in [3.05, 3.63) is 35.1 Å². The van der Waals surface area contributed by atoms with Crippen LogP contribution in [-0.4, -0.2) is 35.5 Å². The highest BCUT2D eigenvalue weighted by atomic mass is 16.4. The van der Waals surface area contributed by atoms with Gasteiger partial charge in [0.25, 0.3) is 0 Å². The number of hydrogen-bond donors (Lipinski definition) is 1. The van der Waals surface area contributed by atoms with Gasteiger partial charge < -0.3 is 14.4 Å². The highest BCUT2D eigenvalue weighted by Gasteiger charge is 2.16. The van der Waals surface area contributed by atoms with E-state index >= 15 is 0 Å². The van der Waals surface area contributed by atoms with E-state index in [4.69, 9.17) is 9.52 Å². The minimum Gasteiger partial charge on any atom is -0.481 e. The lowest BCUT2D eigenvalue weighted by Crippen LogP contribution is -2.29. The molecule has 0 unspecified atom stereocenters. The van der Waals surface area contributed by atoms with Crippen molar-refractivity contribution >= 4 is 22.8 Å². The van der Waals surface area contributed by atoms with Gasteiger partial charge in [0, 0.05) is 31.0 Å². The number of fused-ring (bicyclic) bond motifs is 1. The normalized spacial score (nSPS) is 11.2. The van der Waals surface area contributed by atoms with Gasteiger partial charge in [-0.1, -0.05) is 13.8 Å². The standard InChI is InChI=1S/C19H25NO4/c1-12(2)15-10-16-14(11-24-17(16)8-13(15)3)9-18(21)20(4)7-5-6-19(22)23/h8,10-12H,5-7,9H2,1-4H3,(H,22,23). The number of furan rings is 1. The van der Waals surface area contributed by atoms with E-state index in [1.54, 1.807) is 18.2 Å². The second-order valence-corrected chi connectivity index (χ2v) is 6.61. The highest BCUT2D eigenvalue weighted by Crippen LogP contribution is 2.29. The van der Waals surface area contributed by atoms with Crippen molar-refractivity contribution in [1.29, 1.82) is 0 Å². The van der Waals surface area contributed by atoms with Crippen LogP contribution in [0.4, 0.5) is 0 Å². The summed E-state index contributed by atoms with van der Waals surface area (Å²) in [5.41, 5.74) is 4.12. The summed E-state index contributed by atoms with van der Waals surface area (Å²) in [6.45, 7) is 6.81. The Morgan fingerprint density at radius 2 is 2.00 bits per heavy atom. The van der Waals surface area contributed by atoms with Gasteiger partial charge in [-0.3, -0.25) is 9.59 Å². The fourth-order valence-corrected chi connectivity index (χ4v) is 2.89. The monoisotopic (exact) mass is 331 g/mol. The Morgan fingerprint density at radius 3 is 2.62 bits per heavy atom. The summed E-state index contributed by atoms with van der Waals surface area (Å²) in [6.07, 6.45) is 2.44. The van der Waals surface area contributed by atoms with Crippen molar-refractivity contribution in [2.45, 2.75) is 46.0 Å². The fraction of sp³-hybridized carbons (Fsp3) is 0.474. The molecule has 5 nitrogen and oxygen atoms in total. The molecule has 1 aromatic carbocycles. The Hall–Kier alpha value is -2.30. The molecule has 0 radical (unpaired) electrons. The van der Waals surface area contributed by atoms with Gasteiger partial charge in [-0.2, -0.15) is 0 Å². The maximum atomic E-state index is 12.4. The fourth-order valence-electron chi connectivity index (χ4n) is 2.89. The Balaban J connectivity index is 2.13. The number of carbonyl (C=O) groups excluding carboxylic acids is 1. The molecule has 2 aromatic rings. The summed E-state index contributed by atoms with van der Waals surface area (Å²) < 4.78 is 5.61. The third-order valence-electron chi connectivity index (χ3n) is 4.32. The number of carboxylic acids is 1. The van der Waals surface area contributed by atoms with Gasteiger partial charge in [-0.25, -0.2) is 0 Å². The average Bonchev–Trinajstić information content (AvgIpc) is 2.87. The number of aliphatic carboxylic acids is 1. The number of nitrogens with zero attached hydrogens (tertiary/aromatic N) is 1. The summed E-state index contributed by atoms with van der Waals surface area (Å²) in [7, 11) is 1.70. The Labute approximate surface area is 142 Å². The van der Waals surface area contributed by atoms with E-state index in [0.29, 0.717) is 18.9 Å². The second-order valence-electron chi connectivity index (χ2n) is 6.61. The molecule has 0 saturated carbocycles. The molecule has 0 fully saturated rings. The molecule has 1 heterocycles. The SMILES string of the molecule is Cc1cc2occ(CC(=O)N(C)CCCC(=O)O)c2cc1C(C)C. The van der Waals surface area contributed by atoms with Crippen molar-refractivity contribution in [1.82, 2.24) is 4.90 Å². The van der Waals surface area contributed by atoms with Crippen LogP contribution in [0.25, 0.3) is 11.0 Å². The molecule has 0 atom stereocenters. The van der Waals surface area contributed by atoms with Gasteiger partial charge in [0.05, 0.1) is 12.7 Å². The zero-order chi connectivity index (χ0) is 17.9. The first-order valence-corrected chi connectivity index (χ1v) is 8.26. The summed E-state index contributed by atoms with van der Waals surface area (Å²) in [4.78, 5) is 24.5. The molecular weight excluding hydrogens is 306 g/mol. The quantitative estimate of drug-likeness (QED) is 0.839. The number of hydrogen-bond acceptors (Lipinski definition) is 3. The van der Waals surface area contributed by atoms with E-state index in [0.717, 1.165) is 16.5 Å². The van der Waals surface area contributed by atoms with E-state index in [1.807, 2.05) is 6.07 Å². The summed E-state index contributed by atoms with van der Waals surface area (Å²) in [5, 5.41) is 9.65. The molecule has 5 heteroatoms. The molecule has 2 rings (SSSR count). The molecule has 1 aromatic heterocycles. The van der Waals surface area contributed by atoms with Crippen LogP contribution in [0.1, 0.15) is 49.3 Å². The van der Waals surface area contributed by atoms with Gasteiger partial charge in [0.1, 0.15) is 5.58 Å². The molecule has 0 bridgehead atoms. The van der Waals surface area contributed by atoms with Crippen molar-refractivity contribution < 1.29 is 19.1 Å². The van der Waals surface area contributed by atoms with E-state index in [9.17, 15) is 9.59 Å². The molecule has 24 heavy (non-hydrogen) atoms. The molecular formula is C19H25NO4. The van der Waals surface area contributed by atoms with Crippen LogP contribution < -0.4 is 0 Å². The lowest BCUT2D eigenvalue weighted by molar-refractivity contribution is -0.138. The first-order chi connectivity index (χ1) is 11.3. The number of amides is 1. The van der Waals surface area contributed by atoms with Crippen LogP contribution in [0.15, 0.2) is 22.8 Å². The first-order valence-electron chi connectivity index (χ1n) is 8.26. The third-order valence-corrected chi connectivity index (χ3v) is 4.32. The first kappa shape index (κ1) is 18.0. The van der Waals surface area contributed by atoms with E-state index < -0.39 is 5.97 Å². The molecule has 0 aliphatic carbocycles. The van der Waals surface area contributed by atoms with Crippen LogP contribution in [0.5, 0.6) is 0 Å². The lowest BCUT2D eigenvalue weighted by atomic mass is 9.95. The molecule has 130 valence electrons. The van der Waals surface area contributed by atoms with Gasteiger partial charge in [0.2, 0.25) is 5.91 Å². The van der Waals surface area contributed by atoms with Crippen molar-refractivity contribution in [2.75, 3.05) is 13.6 Å². The Morgan fingerprint density at radius 1 is 1.29 bits per heavy atom. The number of aryl methyl sites for hydroxylation is 1. The van der Waals surface area contributed by atoms with E-state index in [1.165, 1.54) is 11.1 Å².